The van der Waals surface area contributed by atoms with Crippen LogP contribution in [-0.4, -0.2) is 4.98 Å². The first kappa shape index (κ1) is 10.9. The van der Waals surface area contributed by atoms with Crippen LogP contribution in [0.15, 0.2) is 6.07 Å². The highest BCUT2D eigenvalue weighted by molar-refractivity contribution is 9.08. The van der Waals surface area contributed by atoms with E-state index in [0.29, 0.717) is 16.6 Å². The molecule has 0 aliphatic heterocycles. The second-order valence-corrected chi connectivity index (χ2v) is 3.49. The second-order valence-electron chi connectivity index (χ2n) is 2.57. The van der Waals surface area contributed by atoms with Crippen LogP contribution in [0.3, 0.4) is 0 Å². The minimum absolute atomic E-state index is 0.107. The van der Waals surface area contributed by atoms with Crippen molar-refractivity contribution >= 4 is 27.5 Å². The summed E-state index contributed by atoms with van der Waals surface area (Å²) in [6, 6.07) is 1.60. The molecule has 1 nitrogen and oxygen atoms in total. The minimum atomic E-state index is -2.57. The van der Waals surface area contributed by atoms with E-state index in [-0.39, 0.29) is 10.7 Å². The van der Waals surface area contributed by atoms with E-state index in [1.54, 1.807) is 13.0 Å². The molecule has 0 saturated carbocycles. The van der Waals surface area contributed by atoms with E-state index in [0.717, 1.165) is 0 Å². The molecule has 0 aliphatic carbocycles. The van der Waals surface area contributed by atoms with Crippen LogP contribution < -0.4 is 0 Å². The summed E-state index contributed by atoms with van der Waals surface area (Å²) in [6.07, 6.45) is -2.57. The quantitative estimate of drug-likeness (QED) is 0.587. The van der Waals surface area contributed by atoms with Crippen LogP contribution in [0, 0.1) is 6.92 Å². The van der Waals surface area contributed by atoms with Gasteiger partial charge in [-0.25, -0.2) is 13.8 Å². The Kier molecular flexibility index (Phi) is 3.62. The lowest BCUT2D eigenvalue weighted by molar-refractivity contribution is 0.150. The van der Waals surface area contributed by atoms with E-state index in [1.165, 1.54) is 0 Å². The molecular weight excluding hydrogens is 263 g/mol. The Morgan fingerprint density at radius 1 is 1.62 bits per heavy atom. The number of hydrogen-bond donors (Lipinski definition) is 0. The number of aromatic nitrogens is 1. The summed E-state index contributed by atoms with van der Waals surface area (Å²) in [5.41, 5.74) is 0.961. The molecule has 0 saturated heterocycles. The Bertz CT molecular complexity index is 294. The highest BCUT2D eigenvalue weighted by Crippen LogP contribution is 2.29. The Morgan fingerprint density at radius 2 is 2.23 bits per heavy atom. The number of halogens is 4. The van der Waals surface area contributed by atoms with Gasteiger partial charge in [0.1, 0.15) is 5.15 Å². The van der Waals surface area contributed by atoms with E-state index < -0.39 is 6.43 Å². The fourth-order valence-electron chi connectivity index (χ4n) is 1.04. The van der Waals surface area contributed by atoms with Gasteiger partial charge in [0.25, 0.3) is 6.43 Å². The number of rotatable bonds is 2. The SMILES string of the molecule is Cc1cc(CBr)nc(Cl)c1C(F)F. The van der Waals surface area contributed by atoms with Gasteiger partial charge in [-0.2, -0.15) is 0 Å². The first-order valence-electron chi connectivity index (χ1n) is 3.56. The van der Waals surface area contributed by atoms with Crippen LogP contribution in [0.4, 0.5) is 8.78 Å². The third kappa shape index (κ3) is 2.38. The van der Waals surface area contributed by atoms with E-state index in [9.17, 15) is 8.78 Å². The van der Waals surface area contributed by atoms with Crippen molar-refractivity contribution in [1.82, 2.24) is 4.98 Å². The molecule has 0 fully saturated rings. The zero-order valence-electron chi connectivity index (χ0n) is 6.82. The van der Waals surface area contributed by atoms with Crippen molar-refractivity contribution in [1.29, 1.82) is 0 Å². The van der Waals surface area contributed by atoms with Crippen molar-refractivity contribution in [3.63, 3.8) is 0 Å². The zero-order valence-corrected chi connectivity index (χ0v) is 9.16. The summed E-state index contributed by atoms with van der Waals surface area (Å²) in [6.45, 7) is 1.60. The van der Waals surface area contributed by atoms with Crippen LogP contribution in [-0.2, 0) is 5.33 Å². The van der Waals surface area contributed by atoms with Crippen molar-refractivity contribution in [3.05, 3.63) is 28.0 Å². The van der Waals surface area contributed by atoms with Crippen LogP contribution in [0.1, 0.15) is 23.2 Å². The van der Waals surface area contributed by atoms with Crippen molar-refractivity contribution < 1.29 is 8.78 Å². The summed E-state index contributed by atoms with van der Waals surface area (Å²) in [7, 11) is 0. The molecule has 0 unspecified atom stereocenters. The molecule has 13 heavy (non-hydrogen) atoms. The predicted molar refractivity (Wildman–Crippen MR) is 51.6 cm³/mol. The molecule has 1 rings (SSSR count). The highest BCUT2D eigenvalue weighted by atomic mass is 79.9. The second kappa shape index (κ2) is 4.33. The normalized spacial score (nSPS) is 10.9. The molecule has 0 atom stereocenters. The highest BCUT2D eigenvalue weighted by Gasteiger charge is 2.16. The summed E-state index contributed by atoms with van der Waals surface area (Å²) >= 11 is 8.78. The van der Waals surface area contributed by atoms with E-state index in [4.69, 9.17) is 11.6 Å². The van der Waals surface area contributed by atoms with Crippen molar-refractivity contribution in [3.8, 4) is 0 Å². The molecule has 0 radical (unpaired) electrons. The average molecular weight is 271 g/mol. The lowest BCUT2D eigenvalue weighted by atomic mass is 10.1. The molecule has 0 amide bonds. The minimum Gasteiger partial charge on any atom is -0.240 e. The number of alkyl halides is 3. The summed E-state index contributed by atoms with van der Waals surface area (Å²) in [4.78, 5) is 3.81. The topological polar surface area (TPSA) is 12.9 Å². The molecule has 0 aromatic carbocycles. The van der Waals surface area contributed by atoms with Gasteiger partial charge in [-0.1, -0.05) is 27.5 Å². The lowest BCUT2D eigenvalue weighted by Crippen LogP contribution is -1.97. The monoisotopic (exact) mass is 269 g/mol. The molecular formula is C8H7BrClF2N. The number of hydrogen-bond acceptors (Lipinski definition) is 1. The zero-order chi connectivity index (χ0) is 10.0. The molecule has 0 N–H and O–H groups in total. The summed E-state index contributed by atoms with van der Waals surface area (Å²) in [5.74, 6) is 0. The molecule has 1 heterocycles. The van der Waals surface area contributed by atoms with E-state index in [2.05, 4.69) is 20.9 Å². The maximum Gasteiger partial charge on any atom is 0.267 e. The van der Waals surface area contributed by atoms with Gasteiger partial charge in [0.05, 0.1) is 11.3 Å². The van der Waals surface area contributed by atoms with Crippen LogP contribution in [0.25, 0.3) is 0 Å². The predicted octanol–water partition coefficient (Wildman–Crippen LogP) is 3.88. The lowest BCUT2D eigenvalue weighted by Gasteiger charge is -2.07. The smallest absolute Gasteiger partial charge is 0.240 e. The van der Waals surface area contributed by atoms with Gasteiger partial charge < -0.3 is 0 Å². The number of pyridine rings is 1. The molecule has 1 aromatic rings. The van der Waals surface area contributed by atoms with E-state index in [1.807, 2.05) is 0 Å². The third-order valence-corrected chi connectivity index (χ3v) is 2.49. The molecule has 1 aromatic heterocycles. The van der Waals surface area contributed by atoms with Crippen LogP contribution >= 0.6 is 27.5 Å². The molecule has 0 spiro atoms. The summed E-state index contributed by atoms with van der Waals surface area (Å²) in [5, 5.41) is 0.404. The Balaban J connectivity index is 3.23. The number of aryl methyl sites for hydroxylation is 1. The van der Waals surface area contributed by atoms with Crippen LogP contribution in [0.2, 0.25) is 5.15 Å². The molecule has 0 bridgehead atoms. The molecule has 5 heteroatoms. The van der Waals surface area contributed by atoms with Crippen molar-refractivity contribution in [2.75, 3.05) is 0 Å². The van der Waals surface area contributed by atoms with E-state index >= 15 is 0 Å². The first-order valence-corrected chi connectivity index (χ1v) is 5.06. The largest absolute Gasteiger partial charge is 0.267 e. The molecule has 0 aliphatic rings. The van der Waals surface area contributed by atoms with Gasteiger partial charge in [0.2, 0.25) is 0 Å². The van der Waals surface area contributed by atoms with Crippen LogP contribution in [0.5, 0.6) is 0 Å². The molecule has 72 valence electrons. The fourth-order valence-corrected chi connectivity index (χ4v) is 1.67. The maximum absolute atomic E-state index is 12.4. The Morgan fingerprint density at radius 3 is 2.62 bits per heavy atom. The fraction of sp³-hybridized carbons (Fsp3) is 0.375. The standard InChI is InChI=1S/C8H7BrClF2N/c1-4-2-5(3-9)13-7(10)6(4)8(11)12/h2,8H,3H2,1H3. The van der Waals surface area contributed by atoms with Gasteiger partial charge in [0.15, 0.2) is 0 Å². The average Bonchev–Trinajstić information content (AvgIpc) is 2.02. The van der Waals surface area contributed by atoms with Crippen molar-refractivity contribution in [2.45, 2.75) is 18.7 Å². The first-order chi connectivity index (χ1) is 6.06. The third-order valence-electron chi connectivity index (χ3n) is 1.63. The maximum atomic E-state index is 12.4. The van der Waals surface area contributed by atoms with Gasteiger partial charge in [0, 0.05) is 5.33 Å². The summed E-state index contributed by atoms with van der Waals surface area (Å²) < 4.78 is 24.8. The van der Waals surface area contributed by atoms with Gasteiger partial charge >= 0.3 is 0 Å². The Labute approximate surface area is 88.2 Å². The van der Waals surface area contributed by atoms with Gasteiger partial charge in [-0.3, -0.25) is 0 Å². The van der Waals surface area contributed by atoms with Crippen molar-refractivity contribution in [2.24, 2.45) is 0 Å². The Hall–Kier alpha value is -0.220. The van der Waals surface area contributed by atoms with Gasteiger partial charge in [-0.05, 0) is 18.6 Å². The number of nitrogens with zero attached hydrogens (tertiary/aromatic N) is 1. The van der Waals surface area contributed by atoms with Gasteiger partial charge in [-0.15, -0.1) is 0 Å².